The van der Waals surface area contributed by atoms with Crippen LogP contribution in [0.15, 0.2) is 41.8 Å². The minimum absolute atomic E-state index is 0.228. The molecule has 2 rings (SSSR count). The number of thiophene rings is 1. The normalized spacial score (nSPS) is 11.9. The molecule has 17 heavy (non-hydrogen) atoms. The summed E-state index contributed by atoms with van der Waals surface area (Å²) in [5.41, 5.74) is 3.04. The zero-order chi connectivity index (χ0) is 12.5. The second-order valence-corrected chi connectivity index (χ2v) is 6.52. The summed E-state index contributed by atoms with van der Waals surface area (Å²) in [7, 11) is 0. The fourth-order valence-corrected chi connectivity index (χ4v) is 2.88. The van der Waals surface area contributed by atoms with Gasteiger partial charge in [0.15, 0.2) is 0 Å². The molecule has 0 aliphatic carbocycles. The molecule has 0 atom stereocenters. The summed E-state index contributed by atoms with van der Waals surface area (Å²) in [5, 5.41) is 3.71. The van der Waals surface area contributed by atoms with Gasteiger partial charge in [0.05, 0.1) is 0 Å². The van der Waals surface area contributed by atoms with Crippen LogP contribution in [0.5, 0.6) is 0 Å². The van der Waals surface area contributed by atoms with Crippen LogP contribution in [0.1, 0.15) is 32.8 Å². The average molecular weight is 244 g/mol. The van der Waals surface area contributed by atoms with Gasteiger partial charge in [0.25, 0.3) is 0 Å². The van der Waals surface area contributed by atoms with Crippen LogP contribution in [0.25, 0.3) is 10.1 Å². The van der Waals surface area contributed by atoms with Gasteiger partial charge in [-0.25, -0.2) is 0 Å². The quantitative estimate of drug-likeness (QED) is 0.631. The van der Waals surface area contributed by atoms with Gasteiger partial charge in [-0.1, -0.05) is 51.1 Å². The van der Waals surface area contributed by atoms with Gasteiger partial charge < -0.3 is 0 Å². The lowest BCUT2D eigenvalue weighted by molar-refractivity contribution is 0.484. The highest BCUT2D eigenvalue weighted by atomic mass is 32.1. The van der Waals surface area contributed by atoms with Crippen molar-refractivity contribution in [2.75, 3.05) is 0 Å². The second-order valence-electron chi connectivity index (χ2n) is 5.61. The molecule has 2 aromatic rings. The summed E-state index contributed by atoms with van der Waals surface area (Å²) >= 11 is 1.84. The molecule has 0 fully saturated rings. The number of aryl methyl sites for hydroxylation is 1. The first-order valence-electron chi connectivity index (χ1n) is 6.12. The van der Waals surface area contributed by atoms with Gasteiger partial charge in [0.1, 0.15) is 0 Å². The average Bonchev–Trinajstić information content (AvgIpc) is 2.68. The molecular formula is C16H20S. The van der Waals surface area contributed by atoms with Crippen LogP contribution in [-0.4, -0.2) is 0 Å². The summed E-state index contributed by atoms with van der Waals surface area (Å²) in [6, 6.07) is 8.65. The Morgan fingerprint density at radius 1 is 1.24 bits per heavy atom. The van der Waals surface area contributed by atoms with Gasteiger partial charge in [-0.2, -0.15) is 0 Å². The van der Waals surface area contributed by atoms with Crippen molar-refractivity contribution in [3.8, 4) is 0 Å². The van der Waals surface area contributed by atoms with Crippen LogP contribution >= 0.6 is 11.3 Å². The first kappa shape index (κ1) is 12.4. The maximum Gasteiger partial charge on any atom is 0.0345 e. The predicted octanol–water partition coefficient (Wildman–Crippen LogP) is 5.44. The summed E-state index contributed by atoms with van der Waals surface area (Å²) in [4.78, 5) is 0. The van der Waals surface area contributed by atoms with E-state index in [2.05, 4.69) is 57.0 Å². The van der Waals surface area contributed by atoms with Gasteiger partial charge in [0, 0.05) is 4.70 Å². The Hall–Kier alpha value is -1.08. The fraction of sp³-hybridized carbons (Fsp3) is 0.375. The lowest BCUT2D eigenvalue weighted by Gasteiger charge is -2.21. The minimum atomic E-state index is 0.228. The lowest BCUT2D eigenvalue weighted by Crippen LogP contribution is -2.08. The molecule has 0 aliphatic rings. The van der Waals surface area contributed by atoms with E-state index in [4.69, 9.17) is 0 Å². The third-order valence-corrected chi connectivity index (χ3v) is 4.33. The van der Waals surface area contributed by atoms with E-state index in [0.29, 0.717) is 0 Å². The summed E-state index contributed by atoms with van der Waals surface area (Å²) in [6.45, 7) is 10.9. The van der Waals surface area contributed by atoms with Crippen molar-refractivity contribution in [3.63, 3.8) is 0 Å². The largest absolute Gasteiger partial charge is 0.144 e. The van der Waals surface area contributed by atoms with E-state index in [-0.39, 0.29) is 5.41 Å². The standard InChI is InChI=1S/C16H20S/c1-12(16(2,3)4)9-10-13-11-17-15-8-6-5-7-14(13)15/h5-8,11H,1,9-10H2,2-4H3. The first-order chi connectivity index (χ1) is 7.98. The van der Waals surface area contributed by atoms with E-state index >= 15 is 0 Å². The van der Waals surface area contributed by atoms with Crippen molar-refractivity contribution < 1.29 is 0 Å². The Kier molecular flexibility index (Phi) is 3.39. The molecule has 0 nitrogen and oxygen atoms in total. The Morgan fingerprint density at radius 2 is 1.94 bits per heavy atom. The molecule has 0 bridgehead atoms. The highest BCUT2D eigenvalue weighted by Crippen LogP contribution is 2.31. The minimum Gasteiger partial charge on any atom is -0.144 e. The zero-order valence-electron chi connectivity index (χ0n) is 10.9. The van der Waals surface area contributed by atoms with E-state index in [1.807, 2.05) is 11.3 Å². The Bertz CT molecular complexity index is 526. The summed E-state index contributed by atoms with van der Waals surface area (Å²) in [5.74, 6) is 0. The first-order valence-corrected chi connectivity index (χ1v) is 7.00. The molecule has 0 N–H and O–H groups in total. The maximum absolute atomic E-state index is 4.21. The van der Waals surface area contributed by atoms with E-state index in [0.717, 1.165) is 12.8 Å². The van der Waals surface area contributed by atoms with Crippen LogP contribution in [0.4, 0.5) is 0 Å². The van der Waals surface area contributed by atoms with Crippen LogP contribution in [0.3, 0.4) is 0 Å². The summed E-state index contributed by atoms with van der Waals surface area (Å²) < 4.78 is 1.39. The molecule has 1 aromatic carbocycles. The van der Waals surface area contributed by atoms with E-state index < -0.39 is 0 Å². The van der Waals surface area contributed by atoms with Crippen molar-refractivity contribution >= 4 is 21.4 Å². The van der Waals surface area contributed by atoms with Crippen molar-refractivity contribution in [2.24, 2.45) is 5.41 Å². The van der Waals surface area contributed by atoms with Crippen LogP contribution < -0.4 is 0 Å². The lowest BCUT2D eigenvalue weighted by atomic mass is 9.84. The molecule has 1 heteroatoms. The van der Waals surface area contributed by atoms with Gasteiger partial charge in [-0.3, -0.25) is 0 Å². The van der Waals surface area contributed by atoms with Gasteiger partial charge in [-0.15, -0.1) is 11.3 Å². The second kappa shape index (κ2) is 4.66. The molecule has 0 unspecified atom stereocenters. The smallest absolute Gasteiger partial charge is 0.0345 e. The maximum atomic E-state index is 4.21. The molecule has 0 amide bonds. The Labute approximate surface area is 108 Å². The zero-order valence-corrected chi connectivity index (χ0v) is 11.7. The van der Waals surface area contributed by atoms with Crippen LogP contribution in [0, 0.1) is 5.41 Å². The van der Waals surface area contributed by atoms with Crippen LogP contribution in [-0.2, 0) is 6.42 Å². The van der Waals surface area contributed by atoms with E-state index in [9.17, 15) is 0 Å². The molecule has 0 spiro atoms. The monoisotopic (exact) mass is 244 g/mol. The predicted molar refractivity (Wildman–Crippen MR) is 78.7 cm³/mol. The molecule has 90 valence electrons. The summed E-state index contributed by atoms with van der Waals surface area (Å²) in [6.07, 6.45) is 2.20. The van der Waals surface area contributed by atoms with E-state index in [1.54, 1.807) is 0 Å². The van der Waals surface area contributed by atoms with Crippen molar-refractivity contribution in [1.29, 1.82) is 0 Å². The molecule has 0 radical (unpaired) electrons. The molecule has 1 heterocycles. The highest BCUT2D eigenvalue weighted by Gasteiger charge is 2.15. The third kappa shape index (κ3) is 2.78. The van der Waals surface area contributed by atoms with E-state index in [1.165, 1.54) is 21.2 Å². The van der Waals surface area contributed by atoms with Crippen molar-refractivity contribution in [1.82, 2.24) is 0 Å². The number of hydrogen-bond acceptors (Lipinski definition) is 1. The number of hydrogen-bond donors (Lipinski definition) is 0. The molecule has 1 aromatic heterocycles. The molecule has 0 saturated heterocycles. The highest BCUT2D eigenvalue weighted by molar-refractivity contribution is 7.17. The topological polar surface area (TPSA) is 0 Å². The SMILES string of the molecule is C=C(CCc1csc2ccccc12)C(C)(C)C. The molecule has 0 aliphatic heterocycles. The Balaban J connectivity index is 2.12. The number of rotatable bonds is 3. The fourth-order valence-electron chi connectivity index (χ4n) is 1.89. The number of allylic oxidation sites excluding steroid dienone is 1. The van der Waals surface area contributed by atoms with Gasteiger partial charge in [0.2, 0.25) is 0 Å². The molecular weight excluding hydrogens is 224 g/mol. The number of benzene rings is 1. The molecule has 0 saturated carbocycles. The van der Waals surface area contributed by atoms with Crippen molar-refractivity contribution in [2.45, 2.75) is 33.6 Å². The van der Waals surface area contributed by atoms with Crippen LogP contribution in [0.2, 0.25) is 0 Å². The third-order valence-electron chi connectivity index (χ3n) is 3.32. The van der Waals surface area contributed by atoms with Crippen molar-refractivity contribution in [3.05, 3.63) is 47.4 Å². The van der Waals surface area contributed by atoms with Gasteiger partial charge >= 0.3 is 0 Å². The Morgan fingerprint density at radius 3 is 2.65 bits per heavy atom. The van der Waals surface area contributed by atoms with Gasteiger partial charge in [-0.05, 0) is 40.7 Å². The number of fused-ring (bicyclic) bond motifs is 1.